The van der Waals surface area contributed by atoms with Gasteiger partial charge >= 0.3 is 0 Å². The van der Waals surface area contributed by atoms with E-state index in [0.29, 0.717) is 0 Å². The minimum atomic E-state index is 0.865. The molecule has 2 rings (SSSR count). The first kappa shape index (κ1) is 8.82. The predicted octanol–water partition coefficient (Wildman–Crippen LogP) is 1.94. The molecular weight excluding hydrogens is 162 g/mol. The van der Waals surface area contributed by atoms with Gasteiger partial charge in [0.15, 0.2) is 0 Å². The van der Waals surface area contributed by atoms with Crippen LogP contribution in [0, 0.1) is 0 Å². The van der Waals surface area contributed by atoms with Crippen LogP contribution < -0.4 is 0 Å². The van der Waals surface area contributed by atoms with Crippen molar-refractivity contribution in [1.29, 1.82) is 0 Å². The number of rotatable bonds is 1. The molecule has 0 aromatic heterocycles. The van der Waals surface area contributed by atoms with Crippen LogP contribution >= 0.6 is 0 Å². The van der Waals surface area contributed by atoms with Crippen molar-refractivity contribution in [2.45, 2.75) is 19.8 Å². The molecule has 1 saturated heterocycles. The molecule has 0 atom stereocenters. The van der Waals surface area contributed by atoms with Gasteiger partial charge in [-0.05, 0) is 30.9 Å². The molecule has 1 aliphatic heterocycles. The maximum absolute atomic E-state index is 5.34. The van der Waals surface area contributed by atoms with Gasteiger partial charge in [0.2, 0.25) is 0 Å². The third-order valence-electron chi connectivity index (χ3n) is 2.87. The van der Waals surface area contributed by atoms with E-state index >= 15 is 0 Å². The Bertz CT molecular complexity index is 249. The van der Waals surface area contributed by atoms with Crippen LogP contribution in [0.15, 0.2) is 23.4 Å². The van der Waals surface area contributed by atoms with E-state index in [1.807, 2.05) is 0 Å². The van der Waals surface area contributed by atoms with E-state index in [4.69, 9.17) is 4.74 Å². The Hall–Kier alpha value is -0.760. The highest BCUT2D eigenvalue weighted by Crippen LogP contribution is 2.32. The molecule has 0 aromatic rings. The van der Waals surface area contributed by atoms with Gasteiger partial charge in [-0.2, -0.15) is 0 Å². The topological polar surface area (TPSA) is 12.5 Å². The summed E-state index contributed by atoms with van der Waals surface area (Å²) in [4.78, 5) is 2.42. The fraction of sp³-hybridized carbons (Fsp3) is 0.636. The average molecular weight is 179 g/mol. The largest absolute Gasteiger partial charge is 0.378 e. The van der Waals surface area contributed by atoms with E-state index in [2.05, 4.69) is 18.4 Å². The molecule has 0 N–H and O–H groups in total. The number of morpholine rings is 1. The molecule has 2 heteroatoms. The van der Waals surface area contributed by atoms with Gasteiger partial charge in [0.25, 0.3) is 0 Å². The SMILES string of the molecule is C=C1CCC(C)=C1N1CCOCC1. The van der Waals surface area contributed by atoms with E-state index in [0.717, 1.165) is 32.7 Å². The van der Waals surface area contributed by atoms with Gasteiger partial charge in [0.05, 0.1) is 13.2 Å². The van der Waals surface area contributed by atoms with Gasteiger partial charge in [-0.1, -0.05) is 6.58 Å². The second-order valence-corrected chi connectivity index (χ2v) is 3.83. The van der Waals surface area contributed by atoms with E-state index in [1.54, 1.807) is 0 Å². The van der Waals surface area contributed by atoms with Crippen molar-refractivity contribution in [1.82, 2.24) is 4.90 Å². The number of allylic oxidation sites excluding steroid dienone is 2. The van der Waals surface area contributed by atoms with Crippen molar-refractivity contribution in [3.8, 4) is 0 Å². The second-order valence-electron chi connectivity index (χ2n) is 3.83. The first-order chi connectivity index (χ1) is 6.29. The molecule has 0 amide bonds. The number of ether oxygens (including phenoxy) is 1. The average Bonchev–Trinajstić information content (AvgIpc) is 2.48. The molecule has 0 radical (unpaired) electrons. The predicted molar refractivity (Wildman–Crippen MR) is 53.5 cm³/mol. The standard InChI is InChI=1S/C11H17NO/c1-9-3-4-10(2)11(9)12-5-7-13-8-6-12/h1,3-8H2,2H3. The lowest BCUT2D eigenvalue weighted by Crippen LogP contribution is -2.35. The molecule has 0 aromatic carbocycles. The van der Waals surface area contributed by atoms with E-state index in [1.165, 1.54) is 23.3 Å². The van der Waals surface area contributed by atoms with Crippen molar-refractivity contribution < 1.29 is 4.74 Å². The molecule has 2 aliphatic rings. The summed E-state index contributed by atoms with van der Waals surface area (Å²) in [5.41, 5.74) is 4.24. The third kappa shape index (κ3) is 1.63. The second kappa shape index (κ2) is 3.54. The summed E-state index contributed by atoms with van der Waals surface area (Å²) >= 11 is 0. The molecule has 1 aliphatic carbocycles. The highest BCUT2D eigenvalue weighted by atomic mass is 16.5. The Kier molecular flexibility index (Phi) is 2.40. The Morgan fingerprint density at radius 3 is 2.46 bits per heavy atom. The van der Waals surface area contributed by atoms with Gasteiger partial charge in [-0.15, -0.1) is 0 Å². The van der Waals surface area contributed by atoms with Gasteiger partial charge in [-0.25, -0.2) is 0 Å². The molecule has 0 unspecified atom stereocenters. The van der Waals surface area contributed by atoms with Crippen LogP contribution in [0.25, 0.3) is 0 Å². The van der Waals surface area contributed by atoms with Gasteiger partial charge in [0, 0.05) is 18.8 Å². The lowest BCUT2D eigenvalue weighted by Gasteiger charge is -2.31. The number of hydrogen-bond donors (Lipinski definition) is 0. The number of nitrogens with zero attached hydrogens (tertiary/aromatic N) is 1. The molecule has 0 spiro atoms. The van der Waals surface area contributed by atoms with Gasteiger partial charge in [0.1, 0.15) is 0 Å². The van der Waals surface area contributed by atoms with Crippen molar-refractivity contribution in [2.24, 2.45) is 0 Å². The Balaban J connectivity index is 2.13. The van der Waals surface area contributed by atoms with E-state index < -0.39 is 0 Å². The highest BCUT2D eigenvalue weighted by molar-refractivity contribution is 5.37. The zero-order valence-electron chi connectivity index (χ0n) is 8.31. The molecule has 72 valence electrons. The summed E-state index contributed by atoms with van der Waals surface area (Å²) in [5.74, 6) is 0. The zero-order chi connectivity index (χ0) is 9.26. The molecule has 2 nitrogen and oxygen atoms in total. The maximum atomic E-state index is 5.34. The number of hydrogen-bond acceptors (Lipinski definition) is 2. The minimum absolute atomic E-state index is 0.865. The fourth-order valence-corrected chi connectivity index (χ4v) is 2.16. The summed E-state index contributed by atoms with van der Waals surface area (Å²) in [5, 5.41) is 0. The quantitative estimate of drug-likeness (QED) is 0.610. The lowest BCUT2D eigenvalue weighted by molar-refractivity contribution is 0.0546. The van der Waals surface area contributed by atoms with E-state index in [-0.39, 0.29) is 0 Å². The summed E-state index contributed by atoms with van der Waals surface area (Å²) in [6.07, 6.45) is 2.35. The molecular formula is C11H17NO. The Morgan fingerprint density at radius 2 is 1.92 bits per heavy atom. The first-order valence-corrected chi connectivity index (χ1v) is 4.99. The monoisotopic (exact) mass is 179 g/mol. The van der Waals surface area contributed by atoms with Crippen LogP contribution in [0.3, 0.4) is 0 Å². The maximum Gasteiger partial charge on any atom is 0.0642 e. The van der Waals surface area contributed by atoms with Crippen LogP contribution in [0.4, 0.5) is 0 Å². The van der Waals surface area contributed by atoms with Crippen LogP contribution in [0.5, 0.6) is 0 Å². The fourth-order valence-electron chi connectivity index (χ4n) is 2.16. The van der Waals surface area contributed by atoms with Crippen molar-refractivity contribution in [3.05, 3.63) is 23.4 Å². The molecule has 1 fully saturated rings. The summed E-state index contributed by atoms with van der Waals surface area (Å²) < 4.78 is 5.34. The van der Waals surface area contributed by atoms with Crippen molar-refractivity contribution >= 4 is 0 Å². The molecule has 13 heavy (non-hydrogen) atoms. The van der Waals surface area contributed by atoms with E-state index in [9.17, 15) is 0 Å². The smallest absolute Gasteiger partial charge is 0.0642 e. The highest BCUT2D eigenvalue weighted by Gasteiger charge is 2.22. The Morgan fingerprint density at radius 1 is 1.23 bits per heavy atom. The summed E-state index contributed by atoms with van der Waals surface area (Å²) in [6.45, 7) is 10.1. The van der Waals surface area contributed by atoms with Crippen molar-refractivity contribution in [2.75, 3.05) is 26.3 Å². The van der Waals surface area contributed by atoms with Gasteiger partial charge < -0.3 is 9.64 Å². The zero-order valence-corrected chi connectivity index (χ0v) is 8.31. The van der Waals surface area contributed by atoms with Crippen LogP contribution in [-0.4, -0.2) is 31.2 Å². The first-order valence-electron chi connectivity index (χ1n) is 4.99. The van der Waals surface area contributed by atoms with Crippen LogP contribution in [0.2, 0.25) is 0 Å². The van der Waals surface area contributed by atoms with Gasteiger partial charge in [-0.3, -0.25) is 0 Å². The normalized spacial score (nSPS) is 24.4. The molecule has 1 heterocycles. The van der Waals surface area contributed by atoms with Crippen LogP contribution in [-0.2, 0) is 4.74 Å². The summed E-state index contributed by atoms with van der Waals surface area (Å²) in [7, 11) is 0. The third-order valence-corrected chi connectivity index (χ3v) is 2.87. The summed E-state index contributed by atoms with van der Waals surface area (Å²) in [6, 6.07) is 0. The lowest BCUT2D eigenvalue weighted by atomic mass is 10.2. The van der Waals surface area contributed by atoms with Crippen molar-refractivity contribution in [3.63, 3.8) is 0 Å². The molecule has 0 bridgehead atoms. The minimum Gasteiger partial charge on any atom is -0.378 e. The molecule has 0 saturated carbocycles. The van der Waals surface area contributed by atoms with Crippen LogP contribution in [0.1, 0.15) is 19.8 Å². The Labute approximate surface area is 79.9 Å².